The summed E-state index contributed by atoms with van der Waals surface area (Å²) in [5.74, 6) is 0.0134. The van der Waals surface area contributed by atoms with Crippen molar-refractivity contribution in [1.82, 2.24) is 0 Å². The Balaban J connectivity index is 1.70. The van der Waals surface area contributed by atoms with Crippen LogP contribution in [0.5, 0.6) is 23.0 Å². The van der Waals surface area contributed by atoms with E-state index in [-0.39, 0.29) is 18.5 Å². The van der Waals surface area contributed by atoms with E-state index in [1.807, 2.05) is 30.3 Å². The van der Waals surface area contributed by atoms with Crippen LogP contribution in [0.2, 0.25) is 0 Å². The molecule has 1 N–H and O–H groups in total. The van der Waals surface area contributed by atoms with Gasteiger partial charge < -0.3 is 24.1 Å². The van der Waals surface area contributed by atoms with E-state index >= 15 is 0 Å². The topological polar surface area (TPSA) is 74.2 Å². The Kier molecular flexibility index (Phi) is 3.59. The van der Waals surface area contributed by atoms with E-state index in [1.165, 1.54) is 0 Å². The van der Waals surface area contributed by atoms with Gasteiger partial charge in [0.1, 0.15) is 17.3 Å². The normalized spacial score (nSPS) is 28.1. The molecule has 2 aromatic carbocycles. The van der Waals surface area contributed by atoms with Gasteiger partial charge in [0.25, 0.3) is 0 Å². The third kappa shape index (κ3) is 2.47. The van der Waals surface area contributed by atoms with Crippen LogP contribution in [-0.4, -0.2) is 30.6 Å². The molecule has 1 aliphatic carbocycles. The summed E-state index contributed by atoms with van der Waals surface area (Å²) in [5, 5.41) is 11.2. The van der Waals surface area contributed by atoms with Crippen LogP contribution in [0, 0.1) is 5.92 Å². The van der Waals surface area contributed by atoms with Gasteiger partial charge in [-0.2, -0.15) is 0 Å². The Morgan fingerprint density at radius 2 is 1.85 bits per heavy atom. The highest BCUT2D eigenvalue weighted by Gasteiger charge is 2.55. The molecule has 0 unspecified atom stereocenters. The molecule has 6 nitrogen and oxygen atoms in total. The second-order valence-electron chi connectivity index (χ2n) is 7.24. The van der Waals surface area contributed by atoms with E-state index in [1.54, 1.807) is 13.2 Å². The third-order valence-electron chi connectivity index (χ3n) is 5.73. The zero-order valence-electron chi connectivity index (χ0n) is 14.9. The lowest BCUT2D eigenvalue weighted by Gasteiger charge is -2.47. The summed E-state index contributed by atoms with van der Waals surface area (Å²) in [6.45, 7) is 0.151. The number of methoxy groups -OCH3 is 1. The highest BCUT2D eigenvalue weighted by atomic mass is 16.7. The molecule has 5 rings (SSSR count). The monoisotopic (exact) mass is 368 g/mol. The molecule has 0 spiro atoms. The smallest absolute Gasteiger partial charge is 0.231 e. The summed E-state index contributed by atoms with van der Waals surface area (Å²) in [4.78, 5) is 12.9. The number of hydrogen-bond donors (Lipinski definition) is 1. The maximum Gasteiger partial charge on any atom is 0.231 e. The van der Waals surface area contributed by atoms with Crippen molar-refractivity contribution in [2.75, 3.05) is 13.9 Å². The largest absolute Gasteiger partial charge is 0.497 e. The molecule has 1 saturated carbocycles. The number of hydrogen-bond acceptors (Lipinski definition) is 6. The molecule has 27 heavy (non-hydrogen) atoms. The van der Waals surface area contributed by atoms with E-state index in [2.05, 4.69) is 0 Å². The van der Waals surface area contributed by atoms with Crippen molar-refractivity contribution in [1.29, 1.82) is 0 Å². The van der Waals surface area contributed by atoms with Crippen LogP contribution in [-0.2, 0) is 4.79 Å². The van der Waals surface area contributed by atoms with Gasteiger partial charge >= 0.3 is 0 Å². The molecule has 140 valence electrons. The number of carbonyl (C=O) groups is 1. The number of ketones is 1. The molecular formula is C21H20O6. The average molecular weight is 368 g/mol. The van der Waals surface area contributed by atoms with Crippen LogP contribution in [0.3, 0.4) is 0 Å². The number of benzene rings is 2. The molecule has 2 aromatic rings. The summed E-state index contributed by atoms with van der Waals surface area (Å²) < 4.78 is 22.2. The van der Waals surface area contributed by atoms with Crippen molar-refractivity contribution in [2.24, 2.45) is 5.92 Å². The van der Waals surface area contributed by atoms with Crippen LogP contribution in [0.4, 0.5) is 0 Å². The van der Waals surface area contributed by atoms with E-state index in [0.29, 0.717) is 36.5 Å². The summed E-state index contributed by atoms with van der Waals surface area (Å²) >= 11 is 0. The number of carbonyl (C=O) groups excluding carboxylic acids is 1. The Morgan fingerprint density at radius 3 is 2.59 bits per heavy atom. The fraction of sp³-hybridized carbons (Fsp3) is 0.381. The highest BCUT2D eigenvalue weighted by Crippen LogP contribution is 2.54. The predicted octanol–water partition coefficient (Wildman–Crippen LogP) is 3.01. The Morgan fingerprint density at radius 1 is 1.11 bits per heavy atom. The van der Waals surface area contributed by atoms with E-state index in [9.17, 15) is 9.90 Å². The zero-order chi connectivity index (χ0) is 18.6. The first-order valence-corrected chi connectivity index (χ1v) is 9.11. The number of aliphatic hydroxyl groups is 1. The van der Waals surface area contributed by atoms with Crippen molar-refractivity contribution in [3.63, 3.8) is 0 Å². The van der Waals surface area contributed by atoms with Crippen LogP contribution >= 0.6 is 0 Å². The second-order valence-corrected chi connectivity index (χ2v) is 7.24. The first-order chi connectivity index (χ1) is 13.1. The van der Waals surface area contributed by atoms with E-state index in [0.717, 1.165) is 16.9 Å². The second kappa shape index (κ2) is 5.89. The van der Waals surface area contributed by atoms with Gasteiger partial charge in [0.2, 0.25) is 12.6 Å². The molecule has 0 amide bonds. The van der Waals surface area contributed by atoms with Gasteiger partial charge in [-0.05, 0) is 30.2 Å². The fourth-order valence-electron chi connectivity index (χ4n) is 4.46. The quantitative estimate of drug-likeness (QED) is 0.878. The average Bonchev–Trinajstić information content (AvgIpc) is 3.12. The summed E-state index contributed by atoms with van der Waals surface area (Å²) in [6, 6.07) is 11.2. The van der Waals surface area contributed by atoms with Crippen molar-refractivity contribution in [3.05, 3.63) is 47.5 Å². The molecule has 3 aliphatic rings. The Labute approximate surface area is 156 Å². The van der Waals surface area contributed by atoms with Gasteiger partial charge in [-0.3, -0.25) is 4.79 Å². The third-order valence-corrected chi connectivity index (χ3v) is 5.73. The molecule has 0 aromatic heterocycles. The number of ether oxygens (including phenoxy) is 4. The fourth-order valence-corrected chi connectivity index (χ4v) is 4.46. The first-order valence-electron chi connectivity index (χ1n) is 9.11. The van der Waals surface area contributed by atoms with Crippen molar-refractivity contribution in [3.8, 4) is 23.0 Å². The zero-order valence-corrected chi connectivity index (χ0v) is 14.9. The maximum absolute atomic E-state index is 12.9. The molecule has 3 atom stereocenters. The minimum atomic E-state index is -1.51. The number of fused-ring (bicyclic) bond motifs is 3. The molecule has 0 saturated heterocycles. The first kappa shape index (κ1) is 16.4. The summed E-state index contributed by atoms with van der Waals surface area (Å²) in [5.41, 5.74) is 1.76. The van der Waals surface area contributed by atoms with Crippen LogP contribution in [0.1, 0.15) is 36.3 Å². The van der Waals surface area contributed by atoms with Crippen molar-refractivity contribution < 1.29 is 28.8 Å². The number of Topliss-reactive ketones (excluding diaryl/α,β-unsaturated/α-hetero) is 1. The molecule has 0 radical (unpaired) electrons. The standard InChI is InChI=1S/C21H20O6/c1-24-13-6-4-12(5-7-13)19-14-9-17-18(26-11-25-17)10-16(14)27-21(23)8-2-3-15(22)20(19)21/h4-7,9-10,19-20,23H,2-3,8,11H2,1H3/t19-,20-,21+/m1/s1. The van der Waals surface area contributed by atoms with E-state index < -0.39 is 11.7 Å². The van der Waals surface area contributed by atoms with Gasteiger partial charge in [0, 0.05) is 30.4 Å². The van der Waals surface area contributed by atoms with Gasteiger partial charge in [-0.25, -0.2) is 0 Å². The minimum Gasteiger partial charge on any atom is -0.497 e. The lowest BCUT2D eigenvalue weighted by atomic mass is 9.67. The Hall–Kier alpha value is -2.73. The molecule has 0 bridgehead atoms. The minimum absolute atomic E-state index is 0.0212. The van der Waals surface area contributed by atoms with Gasteiger partial charge in [0.15, 0.2) is 11.5 Å². The molecule has 2 aliphatic heterocycles. The number of rotatable bonds is 2. The van der Waals surface area contributed by atoms with Crippen LogP contribution < -0.4 is 18.9 Å². The highest BCUT2D eigenvalue weighted by molar-refractivity contribution is 5.85. The van der Waals surface area contributed by atoms with Crippen molar-refractivity contribution >= 4 is 5.78 Å². The van der Waals surface area contributed by atoms with Crippen LogP contribution in [0.25, 0.3) is 0 Å². The summed E-state index contributed by atoms with van der Waals surface area (Å²) in [6.07, 6.45) is 1.48. The SMILES string of the molecule is COc1ccc([C@@H]2c3cc4c(cc3O[C@@]3(O)CCCC(=O)[C@H]23)OCO4)cc1. The molecule has 1 fully saturated rings. The lowest BCUT2D eigenvalue weighted by molar-refractivity contribution is -0.206. The van der Waals surface area contributed by atoms with Gasteiger partial charge in [0.05, 0.1) is 13.0 Å². The molecule has 2 heterocycles. The van der Waals surface area contributed by atoms with E-state index in [4.69, 9.17) is 18.9 Å². The maximum atomic E-state index is 12.9. The summed E-state index contributed by atoms with van der Waals surface area (Å²) in [7, 11) is 1.61. The van der Waals surface area contributed by atoms with Gasteiger partial charge in [-0.1, -0.05) is 12.1 Å². The van der Waals surface area contributed by atoms with Crippen LogP contribution in [0.15, 0.2) is 36.4 Å². The van der Waals surface area contributed by atoms with Gasteiger partial charge in [-0.15, -0.1) is 0 Å². The van der Waals surface area contributed by atoms with Crippen molar-refractivity contribution in [2.45, 2.75) is 31.0 Å². The molecule has 6 heteroatoms. The Bertz CT molecular complexity index is 906. The molecular weight excluding hydrogens is 348 g/mol. The predicted molar refractivity (Wildman–Crippen MR) is 95.3 cm³/mol. The lowest BCUT2D eigenvalue weighted by Crippen LogP contribution is -2.55.